The van der Waals surface area contributed by atoms with Crippen molar-refractivity contribution in [2.45, 2.75) is 25.9 Å². The fourth-order valence-corrected chi connectivity index (χ4v) is 5.39. The second-order valence-corrected chi connectivity index (χ2v) is 7.51. The molecule has 1 aromatic rings. The number of rotatable bonds is 6. The molecule has 1 saturated heterocycles. The molecule has 1 aliphatic heterocycles. The minimum absolute atomic E-state index is 0.0315. The number of hydrogen-bond donors (Lipinski definition) is 0. The Morgan fingerprint density at radius 1 is 1.48 bits per heavy atom. The summed E-state index contributed by atoms with van der Waals surface area (Å²) in [6.07, 6.45) is 4.94. The first-order valence-electron chi connectivity index (χ1n) is 9.38. The normalized spacial score (nSPS) is 33.4. The lowest BCUT2D eigenvalue weighted by molar-refractivity contribution is -0.385. The summed E-state index contributed by atoms with van der Waals surface area (Å²) in [5, 5.41) is 11.6. The van der Waals surface area contributed by atoms with Crippen LogP contribution in [-0.4, -0.2) is 30.2 Å². The Bertz CT molecular complexity index is 832. The second kappa shape index (κ2) is 6.60. The smallest absolute Gasteiger partial charge is 0.306 e. The third-order valence-electron chi connectivity index (χ3n) is 6.49. The van der Waals surface area contributed by atoms with Crippen LogP contribution in [0.2, 0.25) is 0 Å². The summed E-state index contributed by atoms with van der Waals surface area (Å²) in [7, 11) is 0. The number of benzene rings is 1. The van der Waals surface area contributed by atoms with E-state index in [1.807, 2.05) is 12.1 Å². The lowest BCUT2D eigenvalue weighted by atomic mass is 9.61. The van der Waals surface area contributed by atoms with Gasteiger partial charge in [-0.05, 0) is 30.9 Å². The first-order valence-corrected chi connectivity index (χ1v) is 9.38. The molecule has 0 spiro atoms. The SMILES string of the molecule is C=C[C@@]1(CC(=O)OCC)[C@@H]2CC=C(c3ccccc3[N+](=O)[O-])[C@H]1[C@H]1OC[C@H]12. The van der Waals surface area contributed by atoms with Gasteiger partial charge < -0.3 is 9.47 Å². The highest BCUT2D eigenvalue weighted by atomic mass is 16.6. The van der Waals surface area contributed by atoms with Crippen LogP contribution in [0.4, 0.5) is 5.69 Å². The van der Waals surface area contributed by atoms with E-state index in [2.05, 4.69) is 12.7 Å². The number of allylic oxidation sites excluding steroid dienone is 2. The van der Waals surface area contributed by atoms with Crippen molar-refractivity contribution in [2.24, 2.45) is 23.2 Å². The third-order valence-corrected chi connectivity index (χ3v) is 6.49. The highest BCUT2D eigenvalue weighted by Crippen LogP contribution is 2.66. The summed E-state index contributed by atoms with van der Waals surface area (Å²) < 4.78 is 11.1. The molecule has 27 heavy (non-hydrogen) atoms. The zero-order chi connectivity index (χ0) is 19.2. The van der Waals surface area contributed by atoms with Crippen molar-refractivity contribution in [3.8, 4) is 0 Å². The molecule has 0 radical (unpaired) electrons. The van der Waals surface area contributed by atoms with Crippen molar-refractivity contribution in [1.82, 2.24) is 0 Å². The Morgan fingerprint density at radius 2 is 2.26 bits per heavy atom. The first-order chi connectivity index (χ1) is 13.0. The van der Waals surface area contributed by atoms with Crippen LogP contribution in [0.1, 0.15) is 25.3 Å². The maximum absolute atomic E-state index is 12.4. The maximum atomic E-state index is 12.4. The molecule has 1 aromatic carbocycles. The lowest BCUT2D eigenvalue weighted by Crippen LogP contribution is -2.41. The monoisotopic (exact) mass is 369 g/mol. The van der Waals surface area contributed by atoms with Crippen LogP contribution in [0.15, 0.2) is 43.0 Å². The molecule has 5 atom stereocenters. The van der Waals surface area contributed by atoms with Gasteiger partial charge >= 0.3 is 5.97 Å². The molecule has 6 heteroatoms. The van der Waals surface area contributed by atoms with Crippen LogP contribution >= 0.6 is 0 Å². The number of nitrogens with zero attached hydrogens (tertiary/aromatic N) is 1. The fourth-order valence-electron chi connectivity index (χ4n) is 5.39. The molecule has 2 fully saturated rings. The molecule has 6 nitrogen and oxygen atoms in total. The van der Waals surface area contributed by atoms with Crippen LogP contribution in [0, 0.1) is 33.3 Å². The topological polar surface area (TPSA) is 78.7 Å². The van der Waals surface area contributed by atoms with Gasteiger partial charge in [0.2, 0.25) is 0 Å². The second-order valence-electron chi connectivity index (χ2n) is 7.51. The lowest BCUT2D eigenvalue weighted by Gasteiger charge is -2.41. The summed E-state index contributed by atoms with van der Waals surface area (Å²) >= 11 is 0. The van der Waals surface area contributed by atoms with Crippen LogP contribution in [-0.2, 0) is 14.3 Å². The van der Waals surface area contributed by atoms with E-state index in [1.165, 1.54) is 6.07 Å². The molecule has 4 rings (SSSR count). The summed E-state index contributed by atoms with van der Waals surface area (Å²) in [5.41, 5.74) is 1.09. The molecule has 2 bridgehead atoms. The van der Waals surface area contributed by atoms with E-state index < -0.39 is 5.41 Å². The first kappa shape index (κ1) is 17.9. The van der Waals surface area contributed by atoms with Gasteiger partial charge in [0.1, 0.15) is 0 Å². The van der Waals surface area contributed by atoms with E-state index in [0.29, 0.717) is 24.7 Å². The van der Waals surface area contributed by atoms with Crippen molar-refractivity contribution in [1.29, 1.82) is 0 Å². The zero-order valence-corrected chi connectivity index (χ0v) is 15.3. The van der Waals surface area contributed by atoms with Gasteiger partial charge in [-0.15, -0.1) is 6.58 Å². The van der Waals surface area contributed by atoms with Crippen LogP contribution < -0.4 is 0 Å². The molecule has 1 heterocycles. The summed E-state index contributed by atoms with van der Waals surface area (Å²) in [5.74, 6) is 0.212. The number of nitro groups is 1. The fraction of sp³-hybridized carbons (Fsp3) is 0.476. The quantitative estimate of drug-likeness (QED) is 0.330. The molecular weight excluding hydrogens is 346 g/mol. The number of hydrogen-bond acceptors (Lipinski definition) is 5. The van der Waals surface area contributed by atoms with E-state index in [-0.39, 0.29) is 40.9 Å². The Balaban J connectivity index is 1.80. The zero-order valence-electron chi connectivity index (χ0n) is 15.3. The predicted molar refractivity (Wildman–Crippen MR) is 99.8 cm³/mol. The van der Waals surface area contributed by atoms with Gasteiger partial charge in [-0.25, -0.2) is 0 Å². The van der Waals surface area contributed by atoms with Gasteiger partial charge in [0.25, 0.3) is 5.69 Å². The van der Waals surface area contributed by atoms with Crippen molar-refractivity contribution in [2.75, 3.05) is 13.2 Å². The Labute approximate surface area is 158 Å². The Hall–Kier alpha value is -2.47. The molecule has 1 saturated carbocycles. The van der Waals surface area contributed by atoms with Gasteiger partial charge in [-0.3, -0.25) is 14.9 Å². The van der Waals surface area contributed by atoms with Crippen molar-refractivity contribution < 1.29 is 19.2 Å². The average Bonchev–Trinajstić information content (AvgIpc) is 2.72. The molecule has 3 aliphatic rings. The number of carbonyl (C=O) groups is 1. The number of esters is 1. The van der Waals surface area contributed by atoms with E-state index in [9.17, 15) is 14.9 Å². The van der Waals surface area contributed by atoms with Gasteiger partial charge in [-0.2, -0.15) is 0 Å². The van der Waals surface area contributed by atoms with Crippen molar-refractivity contribution in [3.05, 3.63) is 58.7 Å². The van der Waals surface area contributed by atoms with Gasteiger partial charge in [-0.1, -0.05) is 24.3 Å². The number of para-hydroxylation sites is 1. The van der Waals surface area contributed by atoms with Crippen LogP contribution in [0.5, 0.6) is 0 Å². The molecule has 0 amide bonds. The predicted octanol–water partition coefficient (Wildman–Crippen LogP) is 3.77. The maximum Gasteiger partial charge on any atom is 0.306 e. The Morgan fingerprint density at radius 3 is 2.89 bits per heavy atom. The van der Waals surface area contributed by atoms with Crippen molar-refractivity contribution >= 4 is 17.2 Å². The molecule has 0 aromatic heterocycles. The van der Waals surface area contributed by atoms with Crippen LogP contribution in [0.25, 0.3) is 5.57 Å². The van der Waals surface area contributed by atoms with Gasteiger partial charge in [0.15, 0.2) is 0 Å². The Kier molecular flexibility index (Phi) is 4.38. The minimum atomic E-state index is -0.494. The average molecular weight is 369 g/mol. The molecule has 0 N–H and O–H groups in total. The van der Waals surface area contributed by atoms with E-state index in [4.69, 9.17) is 9.47 Å². The minimum Gasteiger partial charge on any atom is -0.466 e. The molecule has 2 aliphatic carbocycles. The van der Waals surface area contributed by atoms with Gasteiger partial charge in [0.05, 0.1) is 36.2 Å². The largest absolute Gasteiger partial charge is 0.466 e. The highest BCUT2D eigenvalue weighted by molar-refractivity contribution is 5.79. The number of ether oxygens (including phenoxy) is 2. The standard InChI is InChI=1S/C21H23NO5/c1-3-21(11-18(23)26-4-2)16-10-9-14(19(21)20-15(16)12-27-20)13-7-5-6-8-17(13)22(24)25/h3,5-9,15-16,19-20H,1,4,10-12H2,2H3/t15-,16+,19-,20-,21+/m0/s1. The van der Waals surface area contributed by atoms with E-state index in [0.717, 1.165) is 12.0 Å². The van der Waals surface area contributed by atoms with E-state index >= 15 is 0 Å². The van der Waals surface area contributed by atoms with E-state index in [1.54, 1.807) is 19.1 Å². The molecule has 0 unspecified atom stereocenters. The number of carbonyl (C=O) groups excluding carboxylic acids is 1. The summed E-state index contributed by atoms with van der Waals surface area (Å²) in [4.78, 5) is 23.6. The summed E-state index contributed by atoms with van der Waals surface area (Å²) in [6, 6.07) is 6.79. The van der Waals surface area contributed by atoms with Crippen molar-refractivity contribution in [3.63, 3.8) is 0 Å². The molecule has 142 valence electrons. The van der Waals surface area contributed by atoms with Gasteiger partial charge in [0, 0.05) is 23.3 Å². The summed E-state index contributed by atoms with van der Waals surface area (Å²) in [6.45, 7) is 6.86. The number of nitro benzene ring substituents is 1. The van der Waals surface area contributed by atoms with Crippen LogP contribution in [0.3, 0.4) is 0 Å². The third kappa shape index (κ3) is 2.54. The number of fused-ring (bicyclic) bond motifs is 5. The highest BCUT2D eigenvalue weighted by Gasteiger charge is 2.65. The molecular formula is C21H23NO5.